The van der Waals surface area contributed by atoms with Gasteiger partial charge >= 0.3 is 0 Å². The van der Waals surface area contributed by atoms with E-state index in [1.165, 1.54) is 6.07 Å². The quantitative estimate of drug-likeness (QED) is 0.655. The lowest BCUT2D eigenvalue weighted by molar-refractivity contribution is 0.152. The molecule has 2 aromatic rings. The number of nitrogens with zero attached hydrogens (tertiary/aromatic N) is 4. The number of sulfone groups is 1. The minimum absolute atomic E-state index is 0.0256. The van der Waals surface area contributed by atoms with Gasteiger partial charge in [-0.05, 0) is 37.2 Å². The van der Waals surface area contributed by atoms with Gasteiger partial charge in [-0.15, -0.1) is 0 Å². The molecule has 148 valence electrons. The molecule has 1 aliphatic rings. The van der Waals surface area contributed by atoms with Crippen LogP contribution < -0.4 is 0 Å². The Balaban J connectivity index is 1.89. The highest BCUT2D eigenvalue weighted by Crippen LogP contribution is 2.22. The molecule has 0 amide bonds. The molecule has 9 heteroatoms. The maximum Gasteiger partial charge on any atom is 0.199 e. The van der Waals surface area contributed by atoms with Crippen LogP contribution in [-0.4, -0.2) is 51.8 Å². The molecule has 0 radical (unpaired) electrons. The van der Waals surface area contributed by atoms with Crippen LogP contribution in [0.25, 0.3) is 11.4 Å². The van der Waals surface area contributed by atoms with Gasteiger partial charge in [0, 0.05) is 19.6 Å². The first kappa shape index (κ1) is 20.2. The molecule has 3 rings (SSSR count). The van der Waals surface area contributed by atoms with E-state index >= 15 is 0 Å². The summed E-state index contributed by atoms with van der Waals surface area (Å²) in [4.78, 5) is 2.14. The number of hydrogen-bond acceptors (Lipinski definition) is 5. The first-order valence-corrected chi connectivity index (χ1v) is 11.4. The molecule has 1 aliphatic heterocycles. The smallest absolute Gasteiger partial charge is 0.199 e. The average Bonchev–Trinajstić information content (AvgIpc) is 3.13. The van der Waals surface area contributed by atoms with Crippen molar-refractivity contribution in [1.29, 1.82) is 0 Å². The Labute approximate surface area is 164 Å². The lowest BCUT2D eigenvalue weighted by Crippen LogP contribution is -2.38. The Kier molecular flexibility index (Phi) is 6.12. The van der Waals surface area contributed by atoms with Crippen molar-refractivity contribution in [3.8, 4) is 11.4 Å². The predicted octanol–water partition coefficient (Wildman–Crippen LogP) is 3.00. The van der Waals surface area contributed by atoms with Gasteiger partial charge in [0.1, 0.15) is 5.82 Å². The zero-order valence-corrected chi connectivity index (χ0v) is 17.3. The van der Waals surface area contributed by atoms with Crippen LogP contribution in [0.4, 0.5) is 4.39 Å². The van der Waals surface area contributed by atoms with E-state index < -0.39 is 9.84 Å². The Hall–Kier alpha value is -1.58. The van der Waals surface area contributed by atoms with Gasteiger partial charge in [0.05, 0.1) is 23.7 Å². The molecule has 6 nitrogen and oxygen atoms in total. The molecule has 0 aliphatic carbocycles. The minimum atomic E-state index is -2.97. The lowest BCUT2D eigenvalue weighted by Gasteiger charge is -2.27. The van der Waals surface area contributed by atoms with Crippen molar-refractivity contribution in [2.24, 2.45) is 7.05 Å². The molecule has 0 bridgehead atoms. The Morgan fingerprint density at radius 1 is 1.37 bits per heavy atom. The predicted molar refractivity (Wildman–Crippen MR) is 106 cm³/mol. The first-order valence-electron chi connectivity index (χ1n) is 9.15. The third-order valence-electron chi connectivity index (χ3n) is 4.99. The van der Waals surface area contributed by atoms with Crippen LogP contribution in [-0.2, 0) is 23.6 Å². The summed E-state index contributed by atoms with van der Waals surface area (Å²) >= 11 is 5.50. The van der Waals surface area contributed by atoms with Crippen molar-refractivity contribution in [3.63, 3.8) is 0 Å². The molecule has 1 atom stereocenters. The van der Waals surface area contributed by atoms with E-state index in [0.717, 1.165) is 19.4 Å². The van der Waals surface area contributed by atoms with Crippen molar-refractivity contribution in [3.05, 3.63) is 34.9 Å². The van der Waals surface area contributed by atoms with Gasteiger partial charge in [-0.3, -0.25) is 4.90 Å². The fourth-order valence-electron chi connectivity index (χ4n) is 3.42. The zero-order valence-electron chi connectivity index (χ0n) is 15.6. The van der Waals surface area contributed by atoms with Crippen molar-refractivity contribution < 1.29 is 12.8 Å². The van der Waals surface area contributed by atoms with Crippen LogP contribution in [0.1, 0.15) is 26.2 Å². The monoisotopic (exact) mass is 412 g/mol. The van der Waals surface area contributed by atoms with Gasteiger partial charge in [0.25, 0.3) is 0 Å². The molecule has 1 fully saturated rings. The Bertz CT molecular complexity index is 968. The van der Waals surface area contributed by atoms with E-state index in [4.69, 9.17) is 12.2 Å². The lowest BCUT2D eigenvalue weighted by atomic mass is 10.2. The van der Waals surface area contributed by atoms with E-state index in [1.54, 1.807) is 34.5 Å². The summed E-state index contributed by atoms with van der Waals surface area (Å²) in [5.74, 6) is 0.524. The number of aromatic nitrogens is 3. The van der Waals surface area contributed by atoms with Crippen molar-refractivity contribution >= 4 is 22.1 Å². The summed E-state index contributed by atoms with van der Waals surface area (Å²) < 4.78 is 41.8. The summed E-state index contributed by atoms with van der Waals surface area (Å²) in [6.07, 6.45) is 2.62. The van der Waals surface area contributed by atoms with Gasteiger partial charge in [0.2, 0.25) is 0 Å². The fourth-order valence-corrected chi connectivity index (χ4v) is 5.37. The highest BCUT2D eigenvalue weighted by molar-refractivity contribution is 7.91. The van der Waals surface area contributed by atoms with Crippen LogP contribution in [0, 0.1) is 10.6 Å². The molecule has 0 N–H and O–H groups in total. The fraction of sp³-hybridized carbons (Fsp3) is 0.556. The van der Waals surface area contributed by atoms with Crippen molar-refractivity contribution in [2.45, 2.75) is 38.9 Å². The molecular weight excluding hydrogens is 387 g/mol. The van der Waals surface area contributed by atoms with Crippen LogP contribution in [0.5, 0.6) is 0 Å². The second kappa shape index (κ2) is 8.20. The van der Waals surface area contributed by atoms with Gasteiger partial charge in [-0.2, -0.15) is 5.10 Å². The molecule has 2 heterocycles. The van der Waals surface area contributed by atoms with Crippen LogP contribution in [0.2, 0.25) is 0 Å². The molecule has 1 aromatic carbocycles. The van der Waals surface area contributed by atoms with Gasteiger partial charge in [0.15, 0.2) is 20.4 Å². The molecular formula is C18H25FN4O2S2. The standard InChI is InChI=1S/C18H25FN4O2S2/c1-3-4-10-22(14-9-11-27(24,25)12-14)13-23-18(26)21(2)17(20-23)15-7-5-6-8-16(15)19/h5-8,14H,3-4,9-13H2,1-2H3/t14-/m0/s1. The Morgan fingerprint density at radius 2 is 2.11 bits per heavy atom. The van der Waals surface area contributed by atoms with E-state index in [-0.39, 0.29) is 23.4 Å². The largest absolute Gasteiger partial charge is 0.303 e. The number of rotatable bonds is 7. The SMILES string of the molecule is CCCCN(Cn1nc(-c2ccccc2F)n(C)c1=S)[C@H]1CCS(=O)(=O)C1. The maximum absolute atomic E-state index is 14.2. The summed E-state index contributed by atoms with van der Waals surface area (Å²) in [6, 6.07) is 6.45. The number of hydrogen-bond donors (Lipinski definition) is 0. The van der Waals surface area contributed by atoms with E-state index in [0.29, 0.717) is 29.2 Å². The van der Waals surface area contributed by atoms with E-state index in [1.807, 2.05) is 0 Å². The highest BCUT2D eigenvalue weighted by atomic mass is 32.2. The van der Waals surface area contributed by atoms with Crippen molar-refractivity contribution in [1.82, 2.24) is 19.2 Å². The maximum atomic E-state index is 14.2. The normalized spacial score (nSPS) is 19.0. The van der Waals surface area contributed by atoms with E-state index in [2.05, 4.69) is 16.9 Å². The van der Waals surface area contributed by atoms with Gasteiger partial charge in [-0.25, -0.2) is 17.5 Å². The summed E-state index contributed by atoms with van der Waals surface area (Å²) in [5, 5.41) is 4.54. The minimum Gasteiger partial charge on any atom is -0.303 e. The molecule has 27 heavy (non-hydrogen) atoms. The topological polar surface area (TPSA) is 60.1 Å². The molecule has 1 saturated heterocycles. The second-order valence-electron chi connectivity index (χ2n) is 7.01. The molecule has 0 spiro atoms. The molecule has 0 unspecified atom stereocenters. The average molecular weight is 413 g/mol. The van der Waals surface area contributed by atoms with Crippen LogP contribution >= 0.6 is 12.2 Å². The summed E-state index contributed by atoms with van der Waals surface area (Å²) in [6.45, 7) is 3.29. The summed E-state index contributed by atoms with van der Waals surface area (Å²) in [5.41, 5.74) is 0.397. The summed E-state index contributed by atoms with van der Waals surface area (Å²) in [7, 11) is -1.20. The van der Waals surface area contributed by atoms with Crippen LogP contribution in [0.15, 0.2) is 24.3 Å². The van der Waals surface area contributed by atoms with E-state index in [9.17, 15) is 12.8 Å². The molecule has 0 saturated carbocycles. The second-order valence-corrected chi connectivity index (χ2v) is 9.60. The number of halogens is 1. The highest BCUT2D eigenvalue weighted by Gasteiger charge is 2.32. The molecule has 1 aromatic heterocycles. The third kappa shape index (κ3) is 4.47. The van der Waals surface area contributed by atoms with Crippen molar-refractivity contribution in [2.75, 3.05) is 18.1 Å². The number of benzene rings is 1. The Morgan fingerprint density at radius 3 is 2.74 bits per heavy atom. The van der Waals surface area contributed by atoms with Gasteiger partial charge < -0.3 is 4.57 Å². The van der Waals surface area contributed by atoms with Gasteiger partial charge in [-0.1, -0.05) is 25.5 Å². The number of unbranched alkanes of at least 4 members (excludes halogenated alkanes) is 1. The zero-order chi connectivity index (χ0) is 19.6. The third-order valence-corrected chi connectivity index (χ3v) is 7.23. The van der Waals surface area contributed by atoms with Crippen LogP contribution in [0.3, 0.4) is 0 Å². The first-order chi connectivity index (χ1) is 12.8.